The van der Waals surface area contributed by atoms with Crippen LogP contribution in [-0.4, -0.2) is 41.5 Å². The number of amides is 2. The number of unbranched alkanes of at least 4 members (excludes halogenated alkanes) is 2. The fourth-order valence-corrected chi connectivity index (χ4v) is 3.94. The highest BCUT2D eigenvalue weighted by Crippen LogP contribution is 2.44. The lowest BCUT2D eigenvalue weighted by Gasteiger charge is -2.17. The molecule has 0 bridgehead atoms. The second-order valence-corrected chi connectivity index (χ2v) is 9.39. The monoisotopic (exact) mass is 484 g/mol. The normalized spacial score (nSPS) is 12.9. The molecule has 4 N–H and O–H groups in total. The summed E-state index contributed by atoms with van der Waals surface area (Å²) in [6.45, 7) is 7.52. The van der Waals surface area contributed by atoms with Crippen LogP contribution in [0.3, 0.4) is 0 Å². The number of carboxylic acids is 1. The molecule has 1 aliphatic rings. The summed E-state index contributed by atoms with van der Waals surface area (Å²) in [5.41, 5.74) is 8.84. The number of ether oxygens (including phenoxy) is 2. The number of rotatable bonds is 8. The van der Waals surface area contributed by atoms with Gasteiger partial charge in [0, 0.05) is 5.92 Å². The van der Waals surface area contributed by atoms with E-state index < -0.39 is 29.8 Å². The van der Waals surface area contributed by atoms with Gasteiger partial charge in [-0.25, -0.2) is 14.4 Å². The summed E-state index contributed by atoms with van der Waals surface area (Å²) >= 11 is 0. The standard InChI is InChI=1S/C22H25NO4.C5H11NO2/c1-2-3-4-13-20(21(24)25)23-22(26)27-14-19-17-11-7-5-9-15(17)16-10-6-8-12-18(16)19;1-5(2,3)8-4(6)7/h5-12,19-20H,2-4,13-14H2,1H3,(H,23,26)(H,24,25);1-3H3,(H2,6,7)/t20-;/m0./s1. The number of fused-ring (bicyclic) bond motifs is 3. The van der Waals surface area contributed by atoms with Gasteiger partial charge < -0.3 is 25.6 Å². The average Bonchev–Trinajstić information content (AvgIpc) is 3.09. The summed E-state index contributed by atoms with van der Waals surface area (Å²) in [5.74, 6) is -1.06. The zero-order chi connectivity index (χ0) is 26.0. The average molecular weight is 485 g/mol. The Bertz CT molecular complexity index is 969. The molecule has 8 nitrogen and oxygen atoms in total. The third-order valence-corrected chi connectivity index (χ3v) is 5.44. The van der Waals surface area contributed by atoms with Crippen molar-refractivity contribution in [2.45, 2.75) is 70.9 Å². The van der Waals surface area contributed by atoms with Gasteiger partial charge in [-0.1, -0.05) is 74.7 Å². The number of nitrogens with two attached hydrogens (primary N) is 1. The number of benzene rings is 2. The fraction of sp³-hybridized carbons (Fsp3) is 0.444. The number of carbonyl (C=O) groups is 3. The van der Waals surface area contributed by atoms with Crippen LogP contribution >= 0.6 is 0 Å². The zero-order valence-electron chi connectivity index (χ0n) is 20.9. The van der Waals surface area contributed by atoms with Crippen molar-refractivity contribution in [2.24, 2.45) is 5.73 Å². The van der Waals surface area contributed by atoms with E-state index in [-0.39, 0.29) is 12.5 Å². The van der Waals surface area contributed by atoms with Crippen LogP contribution in [0.5, 0.6) is 0 Å². The van der Waals surface area contributed by atoms with Crippen LogP contribution in [0.2, 0.25) is 0 Å². The second-order valence-electron chi connectivity index (χ2n) is 9.39. The van der Waals surface area contributed by atoms with Gasteiger partial charge in [-0.05, 0) is 49.4 Å². The highest BCUT2D eigenvalue weighted by atomic mass is 16.6. The van der Waals surface area contributed by atoms with Crippen LogP contribution in [0.25, 0.3) is 11.1 Å². The molecule has 0 aliphatic heterocycles. The van der Waals surface area contributed by atoms with E-state index in [9.17, 15) is 19.5 Å². The molecule has 2 aromatic rings. The molecule has 2 aromatic carbocycles. The van der Waals surface area contributed by atoms with Crippen molar-refractivity contribution < 1.29 is 29.0 Å². The maximum atomic E-state index is 12.2. The van der Waals surface area contributed by atoms with Crippen LogP contribution in [0, 0.1) is 0 Å². The first kappa shape index (κ1) is 27.7. The van der Waals surface area contributed by atoms with Crippen LogP contribution < -0.4 is 11.1 Å². The van der Waals surface area contributed by atoms with Crippen LogP contribution in [0.15, 0.2) is 48.5 Å². The number of carbonyl (C=O) groups excluding carboxylic acids is 2. The van der Waals surface area contributed by atoms with Gasteiger partial charge in [0.1, 0.15) is 18.2 Å². The van der Waals surface area contributed by atoms with E-state index in [1.807, 2.05) is 36.4 Å². The van der Waals surface area contributed by atoms with Gasteiger partial charge in [0.15, 0.2) is 0 Å². The maximum absolute atomic E-state index is 12.2. The highest BCUT2D eigenvalue weighted by molar-refractivity contribution is 5.81. The first-order valence-electron chi connectivity index (χ1n) is 11.9. The summed E-state index contributed by atoms with van der Waals surface area (Å²) in [4.78, 5) is 33.5. The predicted octanol–water partition coefficient (Wildman–Crippen LogP) is 5.44. The highest BCUT2D eigenvalue weighted by Gasteiger charge is 2.29. The number of nitrogens with one attached hydrogen (secondary N) is 1. The Hall–Kier alpha value is -3.55. The van der Waals surface area contributed by atoms with Crippen molar-refractivity contribution >= 4 is 18.2 Å². The van der Waals surface area contributed by atoms with Crippen LogP contribution in [0.1, 0.15) is 70.4 Å². The Labute approximate surface area is 206 Å². The quantitative estimate of drug-likeness (QED) is 0.428. The number of hydrogen-bond donors (Lipinski definition) is 3. The SMILES string of the molecule is CC(C)(C)OC(N)=O.CCCCC[C@H](NC(=O)OCC1c2ccccc2-c2ccccc21)C(=O)O. The van der Waals surface area contributed by atoms with Crippen molar-refractivity contribution in [1.29, 1.82) is 0 Å². The number of hydrogen-bond acceptors (Lipinski definition) is 5. The van der Waals surface area contributed by atoms with Crippen molar-refractivity contribution in [3.8, 4) is 11.1 Å². The Kier molecular flexibility index (Phi) is 10.1. The lowest BCUT2D eigenvalue weighted by molar-refractivity contribution is -0.139. The van der Waals surface area contributed by atoms with E-state index >= 15 is 0 Å². The van der Waals surface area contributed by atoms with Gasteiger partial charge in [-0.2, -0.15) is 0 Å². The third kappa shape index (κ3) is 8.63. The maximum Gasteiger partial charge on any atom is 0.407 e. The van der Waals surface area contributed by atoms with E-state index in [0.717, 1.165) is 41.5 Å². The Balaban J connectivity index is 0.000000466. The Morgan fingerprint density at radius 1 is 1.00 bits per heavy atom. The number of primary amides is 1. The minimum absolute atomic E-state index is 0.0356. The molecule has 0 radical (unpaired) electrons. The van der Waals surface area contributed by atoms with Crippen molar-refractivity contribution in [1.82, 2.24) is 5.32 Å². The van der Waals surface area contributed by atoms with Crippen LogP contribution in [0.4, 0.5) is 9.59 Å². The molecular weight excluding hydrogens is 448 g/mol. The van der Waals surface area contributed by atoms with Gasteiger partial charge >= 0.3 is 18.2 Å². The lowest BCUT2D eigenvalue weighted by atomic mass is 9.98. The number of carboxylic acid groups (broad SMARTS) is 1. The summed E-state index contributed by atoms with van der Waals surface area (Å²) < 4.78 is 9.99. The molecule has 8 heteroatoms. The van der Waals surface area contributed by atoms with Gasteiger partial charge in [-0.15, -0.1) is 0 Å². The lowest BCUT2D eigenvalue weighted by Crippen LogP contribution is -2.41. The second kappa shape index (κ2) is 12.8. The van der Waals surface area contributed by atoms with Crippen molar-refractivity contribution in [3.63, 3.8) is 0 Å². The van der Waals surface area contributed by atoms with E-state index in [1.165, 1.54) is 0 Å². The molecule has 190 valence electrons. The molecule has 1 aliphatic carbocycles. The Morgan fingerprint density at radius 3 is 1.97 bits per heavy atom. The van der Waals surface area contributed by atoms with E-state index in [4.69, 9.17) is 10.5 Å². The minimum Gasteiger partial charge on any atom is -0.480 e. The smallest absolute Gasteiger partial charge is 0.407 e. The molecule has 3 rings (SSSR count). The predicted molar refractivity (Wildman–Crippen MR) is 134 cm³/mol. The number of alkyl carbamates (subject to hydrolysis) is 1. The molecule has 0 heterocycles. The molecule has 35 heavy (non-hydrogen) atoms. The van der Waals surface area contributed by atoms with E-state index in [0.29, 0.717) is 6.42 Å². The molecule has 0 saturated carbocycles. The topological polar surface area (TPSA) is 128 Å². The largest absolute Gasteiger partial charge is 0.480 e. The summed E-state index contributed by atoms with van der Waals surface area (Å²) in [6.07, 6.45) is 1.70. The molecule has 0 aromatic heterocycles. The molecule has 0 unspecified atom stereocenters. The van der Waals surface area contributed by atoms with Crippen LogP contribution in [-0.2, 0) is 14.3 Å². The van der Waals surface area contributed by atoms with Crippen molar-refractivity contribution in [2.75, 3.05) is 6.61 Å². The van der Waals surface area contributed by atoms with E-state index in [2.05, 4.69) is 29.1 Å². The number of aliphatic carboxylic acids is 1. The first-order chi connectivity index (χ1) is 16.5. The Morgan fingerprint density at radius 2 is 1.54 bits per heavy atom. The van der Waals surface area contributed by atoms with Gasteiger partial charge in [0.25, 0.3) is 0 Å². The molecular formula is C27H36N2O6. The van der Waals surface area contributed by atoms with Gasteiger partial charge in [0.05, 0.1) is 0 Å². The molecule has 0 fully saturated rings. The molecule has 0 spiro atoms. The molecule has 0 saturated heterocycles. The zero-order valence-corrected chi connectivity index (χ0v) is 20.9. The summed E-state index contributed by atoms with van der Waals surface area (Å²) in [5, 5.41) is 11.8. The van der Waals surface area contributed by atoms with Gasteiger partial charge in [0.2, 0.25) is 0 Å². The summed E-state index contributed by atoms with van der Waals surface area (Å²) in [6, 6.07) is 15.3. The molecule has 1 atom stereocenters. The molecule has 2 amide bonds. The minimum atomic E-state index is -1.03. The third-order valence-electron chi connectivity index (χ3n) is 5.44. The summed E-state index contributed by atoms with van der Waals surface area (Å²) in [7, 11) is 0. The first-order valence-corrected chi connectivity index (χ1v) is 11.9. The van der Waals surface area contributed by atoms with Gasteiger partial charge in [-0.3, -0.25) is 0 Å². The fourth-order valence-electron chi connectivity index (χ4n) is 3.94. The van der Waals surface area contributed by atoms with Crippen molar-refractivity contribution in [3.05, 3.63) is 59.7 Å². The van der Waals surface area contributed by atoms with E-state index in [1.54, 1.807) is 20.8 Å².